The minimum atomic E-state index is -0.936. The molecule has 0 fully saturated rings. The average Bonchev–Trinajstić information content (AvgIpc) is 2.88. The second kappa shape index (κ2) is 12.6. The molecule has 3 aromatic rings. The molecule has 0 atom stereocenters. The van der Waals surface area contributed by atoms with Gasteiger partial charge in [0.1, 0.15) is 5.75 Å². The van der Waals surface area contributed by atoms with Crippen molar-refractivity contribution in [2.24, 2.45) is 5.10 Å². The summed E-state index contributed by atoms with van der Waals surface area (Å²) in [4.78, 5) is 36.2. The summed E-state index contributed by atoms with van der Waals surface area (Å²) in [5.41, 5.74) is 4.88. The highest BCUT2D eigenvalue weighted by Crippen LogP contribution is 2.27. The van der Waals surface area contributed by atoms with Gasteiger partial charge in [0.25, 0.3) is 5.91 Å². The number of hydrazone groups is 1. The first-order chi connectivity index (χ1) is 17.4. The molecule has 0 aliphatic carbocycles. The summed E-state index contributed by atoms with van der Waals surface area (Å²) in [6, 6.07) is 18.8. The maximum absolute atomic E-state index is 12.2. The lowest BCUT2D eigenvalue weighted by Crippen LogP contribution is -2.32. The number of anilines is 2. The van der Waals surface area contributed by atoms with Crippen molar-refractivity contribution in [1.82, 2.24) is 5.43 Å². The molecule has 0 saturated carbocycles. The minimum absolute atomic E-state index is 0.211. The number of methoxy groups -OCH3 is 2. The van der Waals surface area contributed by atoms with Crippen LogP contribution in [0.15, 0.2) is 71.8 Å². The van der Waals surface area contributed by atoms with Gasteiger partial charge in [-0.05, 0) is 72.6 Å². The molecule has 3 aromatic carbocycles. The van der Waals surface area contributed by atoms with Gasteiger partial charge in [0.2, 0.25) is 0 Å². The van der Waals surface area contributed by atoms with E-state index in [2.05, 4.69) is 21.2 Å². The van der Waals surface area contributed by atoms with Crippen LogP contribution in [0.5, 0.6) is 17.2 Å². The molecule has 0 heterocycles. The van der Waals surface area contributed by atoms with Gasteiger partial charge in [0, 0.05) is 11.4 Å². The molecule has 3 amide bonds. The van der Waals surface area contributed by atoms with Gasteiger partial charge < -0.3 is 24.8 Å². The summed E-state index contributed by atoms with van der Waals surface area (Å²) in [6.45, 7) is 1.72. The Morgan fingerprint density at radius 3 is 2.31 bits per heavy atom. The van der Waals surface area contributed by atoms with Gasteiger partial charge in [-0.3, -0.25) is 14.4 Å². The number of hydrogen-bond acceptors (Lipinski definition) is 7. The highest BCUT2D eigenvalue weighted by Gasteiger charge is 2.13. The Balaban J connectivity index is 1.51. The first kappa shape index (κ1) is 25.8. The molecule has 0 radical (unpaired) electrons. The number of rotatable bonds is 9. The van der Waals surface area contributed by atoms with E-state index in [0.717, 1.165) is 5.56 Å². The van der Waals surface area contributed by atoms with Crippen LogP contribution in [0, 0.1) is 6.92 Å². The predicted octanol–water partition coefficient (Wildman–Crippen LogP) is 3.12. The Labute approximate surface area is 208 Å². The smallest absolute Gasteiger partial charge is 0.329 e. The highest BCUT2D eigenvalue weighted by atomic mass is 16.5. The molecule has 186 valence electrons. The Bertz CT molecular complexity index is 1260. The van der Waals surface area contributed by atoms with E-state index >= 15 is 0 Å². The normalized spacial score (nSPS) is 10.4. The third-order valence-corrected chi connectivity index (χ3v) is 4.78. The highest BCUT2D eigenvalue weighted by molar-refractivity contribution is 6.39. The molecule has 3 rings (SSSR count). The van der Waals surface area contributed by atoms with Crippen LogP contribution in [0.4, 0.5) is 11.4 Å². The topological polar surface area (TPSA) is 127 Å². The van der Waals surface area contributed by atoms with Crippen molar-refractivity contribution in [3.05, 3.63) is 77.9 Å². The molecular weight excluding hydrogens is 464 g/mol. The van der Waals surface area contributed by atoms with Gasteiger partial charge in [0.15, 0.2) is 18.1 Å². The summed E-state index contributed by atoms with van der Waals surface area (Å²) in [7, 11) is 2.99. The van der Waals surface area contributed by atoms with E-state index in [0.29, 0.717) is 34.2 Å². The average molecular weight is 491 g/mol. The van der Waals surface area contributed by atoms with E-state index in [1.165, 1.54) is 20.4 Å². The minimum Gasteiger partial charge on any atom is -0.497 e. The molecular formula is C26H26N4O6. The predicted molar refractivity (Wildman–Crippen MR) is 136 cm³/mol. The molecule has 0 bridgehead atoms. The van der Waals surface area contributed by atoms with Gasteiger partial charge in [-0.2, -0.15) is 5.10 Å². The summed E-state index contributed by atoms with van der Waals surface area (Å²) in [6.07, 6.45) is 1.34. The molecule has 0 aliphatic rings. The van der Waals surface area contributed by atoms with E-state index in [9.17, 15) is 14.4 Å². The summed E-state index contributed by atoms with van der Waals surface area (Å²) in [5.74, 6) is -0.776. The van der Waals surface area contributed by atoms with Crippen LogP contribution in [-0.2, 0) is 14.4 Å². The van der Waals surface area contributed by atoms with Crippen molar-refractivity contribution in [3.63, 3.8) is 0 Å². The maximum Gasteiger partial charge on any atom is 0.329 e. The van der Waals surface area contributed by atoms with Crippen molar-refractivity contribution in [2.45, 2.75) is 6.92 Å². The standard InChI is InChI=1S/C26H26N4O6/c1-17-5-4-6-20(13-17)28-24(31)16-36-22-12-7-18(14-23(22)35-3)15-27-30-26(33)25(32)29-19-8-10-21(34-2)11-9-19/h4-15H,16H2,1-3H3,(H,28,31)(H,29,32)(H,30,33)/b27-15-. The van der Waals surface area contributed by atoms with Crippen LogP contribution in [0.1, 0.15) is 11.1 Å². The molecule has 10 heteroatoms. The fraction of sp³-hybridized carbons (Fsp3) is 0.154. The van der Waals surface area contributed by atoms with Gasteiger partial charge in [-0.15, -0.1) is 0 Å². The number of aryl methyl sites for hydroxylation is 1. The van der Waals surface area contributed by atoms with Crippen molar-refractivity contribution in [3.8, 4) is 17.2 Å². The number of hydrogen-bond donors (Lipinski definition) is 3. The lowest BCUT2D eigenvalue weighted by molar-refractivity contribution is -0.136. The number of carbonyl (C=O) groups excluding carboxylic acids is 3. The molecule has 0 aliphatic heterocycles. The van der Waals surface area contributed by atoms with Gasteiger partial charge in [0.05, 0.1) is 20.4 Å². The number of ether oxygens (including phenoxy) is 3. The van der Waals surface area contributed by atoms with Crippen LogP contribution in [0.25, 0.3) is 0 Å². The zero-order valence-corrected chi connectivity index (χ0v) is 20.0. The Kier molecular flexibility index (Phi) is 8.99. The third kappa shape index (κ3) is 7.59. The van der Waals surface area contributed by atoms with Crippen LogP contribution in [-0.4, -0.2) is 44.8 Å². The monoisotopic (exact) mass is 490 g/mol. The Hall–Kier alpha value is -4.86. The largest absolute Gasteiger partial charge is 0.497 e. The summed E-state index contributed by atoms with van der Waals surface area (Å²) in [5, 5.41) is 9.02. The Morgan fingerprint density at radius 1 is 0.833 bits per heavy atom. The van der Waals surface area contributed by atoms with E-state index in [1.807, 2.05) is 25.1 Å². The van der Waals surface area contributed by atoms with Crippen LogP contribution in [0.2, 0.25) is 0 Å². The Morgan fingerprint density at radius 2 is 1.61 bits per heavy atom. The first-order valence-corrected chi connectivity index (χ1v) is 10.8. The maximum atomic E-state index is 12.2. The SMILES string of the molecule is COc1ccc(NC(=O)C(=O)N/N=C\c2ccc(OCC(=O)Nc3cccc(C)c3)c(OC)c2)cc1. The number of nitrogens with zero attached hydrogens (tertiary/aromatic N) is 1. The molecule has 0 aromatic heterocycles. The van der Waals surface area contributed by atoms with Crippen molar-refractivity contribution < 1.29 is 28.6 Å². The molecule has 0 saturated heterocycles. The summed E-state index contributed by atoms with van der Waals surface area (Å²) >= 11 is 0. The first-order valence-electron chi connectivity index (χ1n) is 10.8. The van der Waals surface area contributed by atoms with E-state index in [4.69, 9.17) is 14.2 Å². The van der Waals surface area contributed by atoms with Crippen molar-refractivity contribution >= 4 is 35.3 Å². The zero-order chi connectivity index (χ0) is 25.9. The number of nitrogens with one attached hydrogen (secondary N) is 3. The second-order valence-electron chi connectivity index (χ2n) is 7.50. The molecule has 0 unspecified atom stereocenters. The summed E-state index contributed by atoms with van der Waals surface area (Å²) < 4.78 is 15.9. The van der Waals surface area contributed by atoms with Crippen LogP contribution >= 0.6 is 0 Å². The second-order valence-corrected chi connectivity index (χ2v) is 7.50. The number of benzene rings is 3. The number of amides is 3. The van der Waals surface area contributed by atoms with E-state index < -0.39 is 11.8 Å². The van der Waals surface area contributed by atoms with Crippen molar-refractivity contribution in [2.75, 3.05) is 31.5 Å². The fourth-order valence-electron chi connectivity index (χ4n) is 3.03. The molecule has 3 N–H and O–H groups in total. The fourth-order valence-corrected chi connectivity index (χ4v) is 3.03. The quantitative estimate of drug-likeness (QED) is 0.240. The van der Waals surface area contributed by atoms with Gasteiger partial charge >= 0.3 is 11.8 Å². The van der Waals surface area contributed by atoms with Crippen molar-refractivity contribution in [1.29, 1.82) is 0 Å². The molecule has 10 nitrogen and oxygen atoms in total. The lowest BCUT2D eigenvalue weighted by Gasteiger charge is -2.11. The van der Waals surface area contributed by atoms with E-state index in [-0.39, 0.29) is 12.5 Å². The lowest BCUT2D eigenvalue weighted by atomic mass is 10.2. The van der Waals surface area contributed by atoms with Gasteiger partial charge in [-0.1, -0.05) is 12.1 Å². The zero-order valence-electron chi connectivity index (χ0n) is 20.0. The van der Waals surface area contributed by atoms with E-state index in [1.54, 1.807) is 48.5 Å². The van der Waals surface area contributed by atoms with Gasteiger partial charge in [-0.25, -0.2) is 5.43 Å². The number of carbonyl (C=O) groups is 3. The molecule has 36 heavy (non-hydrogen) atoms. The molecule has 0 spiro atoms. The van der Waals surface area contributed by atoms with Crippen LogP contribution < -0.4 is 30.3 Å². The van der Waals surface area contributed by atoms with Crippen LogP contribution in [0.3, 0.4) is 0 Å². The third-order valence-electron chi connectivity index (χ3n) is 4.78.